The Morgan fingerprint density at radius 1 is 0.864 bits per heavy atom. The van der Waals surface area contributed by atoms with E-state index in [1.54, 1.807) is 0 Å². The van der Waals surface area contributed by atoms with E-state index in [-0.39, 0.29) is 0 Å². The van der Waals surface area contributed by atoms with Crippen LogP contribution >= 0.6 is 0 Å². The van der Waals surface area contributed by atoms with Gasteiger partial charge < -0.3 is 27.4 Å². The first-order valence-corrected chi connectivity index (χ1v) is 9.33. The fourth-order valence-corrected chi connectivity index (χ4v) is 3.58. The average molecular weight is 314 g/mol. The summed E-state index contributed by atoms with van der Waals surface area (Å²) in [7, 11) is 0. The van der Waals surface area contributed by atoms with Crippen LogP contribution in [0.15, 0.2) is 0 Å². The van der Waals surface area contributed by atoms with Gasteiger partial charge in [-0.3, -0.25) is 0 Å². The van der Waals surface area contributed by atoms with Gasteiger partial charge in [-0.25, -0.2) is 0 Å². The molecule has 0 aromatic rings. The maximum absolute atomic E-state index is 5.67. The predicted molar refractivity (Wildman–Crippen MR) is 95.8 cm³/mol. The van der Waals surface area contributed by atoms with Crippen molar-refractivity contribution in [2.24, 2.45) is 29.0 Å². The van der Waals surface area contributed by atoms with Crippen LogP contribution in [0.3, 0.4) is 0 Å². The van der Waals surface area contributed by atoms with Gasteiger partial charge in [0.15, 0.2) is 0 Å². The Morgan fingerprint density at radius 3 is 2.14 bits per heavy atom. The zero-order valence-corrected chi connectivity index (χ0v) is 14.4. The van der Waals surface area contributed by atoms with Crippen LogP contribution in [0.4, 0.5) is 0 Å². The lowest BCUT2D eigenvalue weighted by atomic mass is 9.81. The third-order valence-corrected chi connectivity index (χ3v) is 4.76. The molecule has 1 fully saturated rings. The normalized spacial score (nSPS) is 22.4. The molecule has 1 rings (SSSR count). The highest BCUT2D eigenvalue weighted by molar-refractivity contribution is 4.77. The summed E-state index contributed by atoms with van der Waals surface area (Å²) in [5, 5.41) is 3.57. The van der Waals surface area contributed by atoms with Crippen molar-refractivity contribution in [3.8, 4) is 0 Å². The molecule has 0 aromatic heterocycles. The summed E-state index contributed by atoms with van der Waals surface area (Å²) in [5.41, 5.74) is 16.9. The minimum atomic E-state index is 0.789. The molecule has 22 heavy (non-hydrogen) atoms. The largest absolute Gasteiger partial charge is 0.330 e. The topological polar surface area (TPSA) is 93.3 Å². The SMILES string of the molecule is NCCCNCC1CCCC(CN(CCCN)CCCN)C1. The van der Waals surface area contributed by atoms with Crippen molar-refractivity contribution in [2.75, 3.05) is 52.4 Å². The zero-order valence-electron chi connectivity index (χ0n) is 14.4. The van der Waals surface area contributed by atoms with Crippen molar-refractivity contribution >= 4 is 0 Å². The van der Waals surface area contributed by atoms with Gasteiger partial charge in [0.05, 0.1) is 0 Å². The van der Waals surface area contributed by atoms with E-state index >= 15 is 0 Å². The highest BCUT2D eigenvalue weighted by Gasteiger charge is 2.23. The Morgan fingerprint density at radius 2 is 1.50 bits per heavy atom. The van der Waals surface area contributed by atoms with Crippen LogP contribution in [-0.2, 0) is 0 Å². The fraction of sp³-hybridized carbons (Fsp3) is 1.00. The number of hydrogen-bond donors (Lipinski definition) is 4. The first-order chi connectivity index (χ1) is 10.8. The maximum Gasteiger partial charge on any atom is 0.000978 e. The predicted octanol–water partition coefficient (Wildman–Crippen LogP) is 0.731. The second-order valence-corrected chi connectivity index (χ2v) is 6.83. The van der Waals surface area contributed by atoms with Gasteiger partial charge in [-0.2, -0.15) is 0 Å². The lowest BCUT2D eigenvalue weighted by molar-refractivity contribution is 0.171. The Kier molecular flexibility index (Phi) is 12.0. The van der Waals surface area contributed by atoms with Gasteiger partial charge in [0.1, 0.15) is 0 Å². The summed E-state index contributed by atoms with van der Waals surface area (Å²) in [6, 6.07) is 0. The van der Waals surface area contributed by atoms with Crippen LogP contribution in [0.25, 0.3) is 0 Å². The van der Waals surface area contributed by atoms with Crippen molar-refractivity contribution in [3.05, 3.63) is 0 Å². The molecule has 0 aliphatic heterocycles. The molecule has 0 saturated heterocycles. The van der Waals surface area contributed by atoms with E-state index < -0.39 is 0 Å². The maximum atomic E-state index is 5.67. The van der Waals surface area contributed by atoms with Crippen molar-refractivity contribution < 1.29 is 0 Å². The Bertz CT molecular complexity index is 241. The highest BCUT2D eigenvalue weighted by atomic mass is 15.1. The molecule has 2 unspecified atom stereocenters. The average Bonchev–Trinajstić information content (AvgIpc) is 2.54. The monoisotopic (exact) mass is 313 g/mol. The molecule has 0 heterocycles. The van der Waals surface area contributed by atoms with Crippen molar-refractivity contribution in [3.63, 3.8) is 0 Å². The van der Waals surface area contributed by atoms with Crippen molar-refractivity contribution in [1.82, 2.24) is 10.2 Å². The lowest BCUT2D eigenvalue weighted by Gasteiger charge is -2.33. The molecular formula is C17H39N5. The Hall–Kier alpha value is -0.200. The summed E-state index contributed by atoms with van der Waals surface area (Å²) < 4.78 is 0. The third-order valence-electron chi connectivity index (χ3n) is 4.76. The summed E-state index contributed by atoms with van der Waals surface area (Å²) in [6.45, 7) is 8.10. The van der Waals surface area contributed by atoms with Gasteiger partial charge in [-0.15, -0.1) is 0 Å². The smallest absolute Gasteiger partial charge is 0.000978 e. The van der Waals surface area contributed by atoms with Gasteiger partial charge in [0.25, 0.3) is 0 Å². The third kappa shape index (κ3) is 9.06. The van der Waals surface area contributed by atoms with Crippen LogP contribution in [-0.4, -0.2) is 57.3 Å². The second-order valence-electron chi connectivity index (χ2n) is 6.83. The van der Waals surface area contributed by atoms with Crippen LogP contribution in [0, 0.1) is 11.8 Å². The number of nitrogens with zero attached hydrogens (tertiary/aromatic N) is 1. The van der Waals surface area contributed by atoms with Crippen LogP contribution in [0.1, 0.15) is 44.9 Å². The van der Waals surface area contributed by atoms with Crippen LogP contribution < -0.4 is 22.5 Å². The summed E-state index contributed by atoms with van der Waals surface area (Å²) in [4.78, 5) is 2.59. The van der Waals surface area contributed by atoms with Gasteiger partial charge in [-0.1, -0.05) is 6.42 Å². The van der Waals surface area contributed by atoms with Gasteiger partial charge >= 0.3 is 0 Å². The van der Waals surface area contributed by atoms with Crippen molar-refractivity contribution in [2.45, 2.75) is 44.9 Å². The summed E-state index contributed by atoms with van der Waals surface area (Å²) in [5.74, 6) is 1.70. The first kappa shape index (κ1) is 19.8. The van der Waals surface area contributed by atoms with Crippen LogP contribution in [0.5, 0.6) is 0 Å². The molecule has 132 valence electrons. The molecule has 7 N–H and O–H groups in total. The first-order valence-electron chi connectivity index (χ1n) is 9.33. The van der Waals surface area contributed by atoms with E-state index in [1.165, 1.54) is 38.8 Å². The molecule has 0 bridgehead atoms. The van der Waals surface area contributed by atoms with E-state index in [2.05, 4.69) is 10.2 Å². The van der Waals surface area contributed by atoms with E-state index in [0.717, 1.165) is 70.4 Å². The molecular weight excluding hydrogens is 274 g/mol. The van der Waals surface area contributed by atoms with Crippen LogP contribution in [0.2, 0.25) is 0 Å². The Balaban J connectivity index is 2.28. The molecule has 5 heteroatoms. The minimum absolute atomic E-state index is 0.789. The van der Waals surface area contributed by atoms with E-state index in [4.69, 9.17) is 17.2 Å². The second kappa shape index (κ2) is 13.3. The van der Waals surface area contributed by atoms with Crippen molar-refractivity contribution in [1.29, 1.82) is 0 Å². The summed E-state index contributed by atoms with van der Waals surface area (Å²) >= 11 is 0. The fourth-order valence-electron chi connectivity index (χ4n) is 3.58. The van der Waals surface area contributed by atoms with E-state index in [0.29, 0.717) is 0 Å². The lowest BCUT2D eigenvalue weighted by Crippen LogP contribution is -2.36. The van der Waals surface area contributed by atoms with Gasteiger partial charge in [-0.05, 0) is 96.2 Å². The number of nitrogens with two attached hydrogens (primary N) is 3. The standard InChI is InChI=1S/C17H39N5/c18-7-2-10-21-14-16-5-1-6-17(13-16)15-22(11-3-8-19)12-4-9-20/h16-17,21H,1-15,18-20H2. The molecule has 0 aromatic carbocycles. The molecule has 0 amide bonds. The summed E-state index contributed by atoms with van der Waals surface area (Å²) in [6.07, 6.45) is 8.82. The van der Waals surface area contributed by atoms with Gasteiger partial charge in [0.2, 0.25) is 0 Å². The zero-order chi connectivity index (χ0) is 16.0. The van der Waals surface area contributed by atoms with E-state index in [9.17, 15) is 0 Å². The minimum Gasteiger partial charge on any atom is -0.330 e. The molecule has 0 radical (unpaired) electrons. The number of nitrogens with one attached hydrogen (secondary N) is 1. The molecule has 2 atom stereocenters. The molecule has 1 aliphatic rings. The Labute approximate surface area is 137 Å². The molecule has 1 aliphatic carbocycles. The molecule has 5 nitrogen and oxygen atoms in total. The molecule has 0 spiro atoms. The van der Waals surface area contributed by atoms with Gasteiger partial charge in [0, 0.05) is 6.54 Å². The van der Waals surface area contributed by atoms with E-state index in [1.807, 2.05) is 0 Å². The quantitative estimate of drug-likeness (QED) is 0.376. The number of hydrogen-bond acceptors (Lipinski definition) is 5. The molecule has 1 saturated carbocycles. The number of rotatable bonds is 13. The highest BCUT2D eigenvalue weighted by Crippen LogP contribution is 2.29.